The molecule has 5 N–H and O–H groups in total. The van der Waals surface area contributed by atoms with E-state index < -0.39 is 12.7 Å². The summed E-state index contributed by atoms with van der Waals surface area (Å²) < 4.78 is 31.3. The molecule has 0 spiro atoms. The van der Waals surface area contributed by atoms with Crippen LogP contribution in [0.25, 0.3) is 16.9 Å². The van der Waals surface area contributed by atoms with Gasteiger partial charge in [-0.05, 0) is 74.3 Å². The van der Waals surface area contributed by atoms with Crippen LogP contribution in [-0.2, 0) is 4.79 Å². The van der Waals surface area contributed by atoms with Gasteiger partial charge < -0.3 is 31.3 Å². The first-order valence-electron chi connectivity index (χ1n) is 14.5. The van der Waals surface area contributed by atoms with Crippen LogP contribution in [-0.4, -0.2) is 81.4 Å². The molecule has 4 aromatic rings. The van der Waals surface area contributed by atoms with Crippen molar-refractivity contribution in [1.29, 1.82) is 0 Å². The zero-order valence-corrected chi connectivity index (χ0v) is 24.5. The second-order valence-electron chi connectivity index (χ2n) is 10.7. The number of carbonyl (C=O) groups excluding carboxylic acids is 2. The Morgan fingerprint density at radius 2 is 1.75 bits per heavy atom. The summed E-state index contributed by atoms with van der Waals surface area (Å²) in [4.78, 5) is 38.5. The van der Waals surface area contributed by atoms with Gasteiger partial charge in [0.25, 0.3) is 5.91 Å². The fourth-order valence-corrected chi connectivity index (χ4v) is 5.31. The number of nitrogens with two attached hydrogens (primary N) is 2. The molecule has 3 heterocycles. The Bertz CT molecular complexity index is 1600. The van der Waals surface area contributed by atoms with Gasteiger partial charge in [-0.2, -0.15) is 8.78 Å². The Kier molecular flexibility index (Phi) is 9.65. The third-order valence-corrected chi connectivity index (χ3v) is 7.69. The predicted molar refractivity (Wildman–Crippen MR) is 163 cm³/mol. The number of aryl methyl sites for hydroxylation is 1. The number of unbranched alkanes of at least 4 members (excludes halogenated alkanes) is 1. The van der Waals surface area contributed by atoms with Gasteiger partial charge in [0.05, 0.1) is 17.9 Å². The van der Waals surface area contributed by atoms with Crippen LogP contribution in [0.15, 0.2) is 61.1 Å². The quantitative estimate of drug-likeness (QED) is 0.219. The number of hydrogen-bond acceptors (Lipinski definition) is 8. The Morgan fingerprint density at radius 1 is 1.02 bits per heavy atom. The Morgan fingerprint density at radius 3 is 2.43 bits per heavy atom. The summed E-state index contributed by atoms with van der Waals surface area (Å²) in [5.74, 6) is 0.422. The fraction of sp³-hybridized carbons (Fsp3) is 0.355. The first-order chi connectivity index (χ1) is 21.2. The standard InChI is InChI=1S/C31H36F2N8O3/c1-20-18-22(7-10-24(20)29(42)39-14-16-40(17-15-39)30(43)25(35)4-2-3-11-34)38-27-28-37-19-26(41(28)13-12-36-27)21-5-8-23(9-6-21)44-31(32)33/h5-10,12-13,18-19,25,31H,2-4,11,14-17,34-35H2,1H3,(H,36,38)/t25-/m0/s1. The van der Waals surface area contributed by atoms with Crippen LogP contribution in [0.4, 0.5) is 20.3 Å². The summed E-state index contributed by atoms with van der Waals surface area (Å²) in [6, 6.07) is 11.3. The molecule has 1 aliphatic heterocycles. The number of hydrogen-bond donors (Lipinski definition) is 3. The molecule has 2 aromatic heterocycles. The lowest BCUT2D eigenvalue weighted by Gasteiger charge is -2.36. The van der Waals surface area contributed by atoms with Crippen molar-refractivity contribution < 1.29 is 23.1 Å². The average molecular weight is 607 g/mol. The van der Waals surface area contributed by atoms with Crippen LogP contribution >= 0.6 is 0 Å². The van der Waals surface area contributed by atoms with Crippen molar-refractivity contribution >= 4 is 29.0 Å². The Labute approximate surface area is 253 Å². The van der Waals surface area contributed by atoms with Crippen LogP contribution in [0.2, 0.25) is 0 Å². The molecule has 232 valence electrons. The first-order valence-corrected chi connectivity index (χ1v) is 14.5. The van der Waals surface area contributed by atoms with E-state index in [0.29, 0.717) is 56.2 Å². The number of halogens is 2. The number of rotatable bonds is 11. The number of nitrogens with zero attached hydrogens (tertiary/aromatic N) is 5. The minimum atomic E-state index is -2.89. The van der Waals surface area contributed by atoms with E-state index in [2.05, 4.69) is 20.0 Å². The molecule has 0 aliphatic carbocycles. The molecule has 0 radical (unpaired) electrons. The van der Waals surface area contributed by atoms with E-state index in [-0.39, 0.29) is 17.6 Å². The summed E-state index contributed by atoms with van der Waals surface area (Å²) in [6.07, 6.45) is 7.35. The Balaban J connectivity index is 1.23. The molecule has 44 heavy (non-hydrogen) atoms. The summed E-state index contributed by atoms with van der Waals surface area (Å²) >= 11 is 0. The van der Waals surface area contributed by atoms with Gasteiger partial charge in [0.1, 0.15) is 5.75 Å². The minimum Gasteiger partial charge on any atom is -0.435 e. The number of nitrogens with one attached hydrogen (secondary N) is 1. The van der Waals surface area contributed by atoms with E-state index in [0.717, 1.165) is 35.3 Å². The van der Waals surface area contributed by atoms with Crippen molar-refractivity contribution in [3.05, 3.63) is 72.2 Å². The molecule has 1 fully saturated rings. The first kappa shape index (κ1) is 30.8. The topological polar surface area (TPSA) is 144 Å². The summed E-state index contributed by atoms with van der Waals surface area (Å²) in [5.41, 5.74) is 15.8. The molecule has 1 saturated heterocycles. The number of anilines is 2. The van der Waals surface area contributed by atoms with Crippen LogP contribution in [0.3, 0.4) is 0 Å². The highest BCUT2D eigenvalue weighted by Crippen LogP contribution is 2.28. The number of fused-ring (bicyclic) bond motifs is 1. The van der Waals surface area contributed by atoms with E-state index in [1.807, 2.05) is 23.5 Å². The van der Waals surface area contributed by atoms with Gasteiger partial charge in [-0.3, -0.25) is 14.0 Å². The monoisotopic (exact) mass is 606 g/mol. The van der Waals surface area contributed by atoms with Crippen molar-refractivity contribution in [2.45, 2.75) is 38.8 Å². The zero-order valence-electron chi connectivity index (χ0n) is 24.5. The van der Waals surface area contributed by atoms with E-state index >= 15 is 0 Å². The van der Waals surface area contributed by atoms with Gasteiger partial charge in [-0.15, -0.1) is 0 Å². The molecule has 0 saturated carbocycles. The molecule has 11 nitrogen and oxygen atoms in total. The highest BCUT2D eigenvalue weighted by molar-refractivity contribution is 5.96. The SMILES string of the molecule is Cc1cc(Nc2nccn3c(-c4ccc(OC(F)F)cc4)cnc23)ccc1C(=O)N1CCN(C(=O)[C@@H](N)CCCCN)CC1. The maximum Gasteiger partial charge on any atom is 0.387 e. The fourth-order valence-electron chi connectivity index (χ4n) is 5.31. The molecule has 1 atom stereocenters. The van der Waals surface area contributed by atoms with Crippen LogP contribution in [0, 0.1) is 6.92 Å². The lowest BCUT2D eigenvalue weighted by molar-refractivity contribution is -0.134. The summed E-state index contributed by atoms with van der Waals surface area (Å²) in [6.45, 7) is 1.35. The predicted octanol–water partition coefficient (Wildman–Crippen LogP) is 3.79. The molecular weight excluding hydrogens is 570 g/mol. The second-order valence-corrected chi connectivity index (χ2v) is 10.7. The number of imidazole rings is 1. The van der Waals surface area contributed by atoms with Crippen molar-refractivity contribution in [2.24, 2.45) is 11.5 Å². The molecule has 1 aliphatic rings. The third kappa shape index (κ3) is 6.95. The number of alkyl halides is 2. The lowest BCUT2D eigenvalue weighted by atomic mass is 10.1. The molecule has 5 rings (SSSR count). The number of aromatic nitrogens is 3. The van der Waals surface area contributed by atoms with E-state index in [9.17, 15) is 18.4 Å². The number of ether oxygens (including phenoxy) is 1. The van der Waals surface area contributed by atoms with Gasteiger partial charge in [-0.25, -0.2) is 9.97 Å². The summed E-state index contributed by atoms with van der Waals surface area (Å²) in [7, 11) is 0. The van der Waals surface area contributed by atoms with E-state index in [1.165, 1.54) is 12.1 Å². The number of piperazine rings is 1. The summed E-state index contributed by atoms with van der Waals surface area (Å²) in [5, 5.41) is 3.29. The van der Waals surface area contributed by atoms with Gasteiger partial charge >= 0.3 is 6.61 Å². The van der Waals surface area contributed by atoms with E-state index in [1.54, 1.807) is 46.6 Å². The number of benzene rings is 2. The molecule has 2 aromatic carbocycles. The van der Waals surface area contributed by atoms with Crippen molar-refractivity contribution in [3.63, 3.8) is 0 Å². The highest BCUT2D eigenvalue weighted by atomic mass is 19.3. The smallest absolute Gasteiger partial charge is 0.387 e. The lowest BCUT2D eigenvalue weighted by Crippen LogP contribution is -2.54. The zero-order chi connectivity index (χ0) is 31.2. The number of amides is 2. The maximum atomic E-state index is 13.4. The van der Waals surface area contributed by atoms with E-state index in [4.69, 9.17) is 11.5 Å². The van der Waals surface area contributed by atoms with Crippen molar-refractivity contribution in [2.75, 3.05) is 38.0 Å². The van der Waals surface area contributed by atoms with Gasteiger partial charge in [0.2, 0.25) is 5.91 Å². The molecule has 13 heteroatoms. The maximum absolute atomic E-state index is 13.4. The average Bonchev–Trinajstić information content (AvgIpc) is 3.46. The van der Waals surface area contributed by atoms with Crippen LogP contribution in [0.1, 0.15) is 35.2 Å². The van der Waals surface area contributed by atoms with Gasteiger partial charge in [0, 0.05) is 55.4 Å². The van der Waals surface area contributed by atoms with Gasteiger partial charge in [-0.1, -0.05) is 6.42 Å². The minimum absolute atomic E-state index is 0.0747. The van der Waals surface area contributed by atoms with Gasteiger partial charge in [0.15, 0.2) is 11.5 Å². The molecule has 0 unspecified atom stereocenters. The molecular formula is C31H36F2N8O3. The second kappa shape index (κ2) is 13.8. The normalized spacial score (nSPS) is 14.2. The number of carbonyl (C=O) groups is 2. The highest BCUT2D eigenvalue weighted by Gasteiger charge is 2.28. The third-order valence-electron chi connectivity index (χ3n) is 7.69. The molecule has 0 bridgehead atoms. The van der Waals surface area contributed by atoms with Crippen LogP contribution < -0.4 is 21.5 Å². The van der Waals surface area contributed by atoms with Crippen LogP contribution in [0.5, 0.6) is 5.75 Å². The van der Waals surface area contributed by atoms with Crippen molar-refractivity contribution in [1.82, 2.24) is 24.2 Å². The van der Waals surface area contributed by atoms with Crippen molar-refractivity contribution in [3.8, 4) is 17.0 Å². The Hall–Kier alpha value is -4.62. The largest absolute Gasteiger partial charge is 0.435 e. The molecule has 2 amide bonds.